The van der Waals surface area contributed by atoms with Crippen LogP contribution in [0.1, 0.15) is 13.8 Å². The number of anilines is 2. The SMILES string of the molecule is COc1ccc(N2C[C@@H](C)N[C@@H](C)C2)cc1NS(=O)(=O)c1ccc(-c2cccs2)cc1Cl. The van der Waals surface area contributed by atoms with Crippen molar-refractivity contribution in [2.24, 2.45) is 0 Å². The first kappa shape index (κ1) is 22.9. The first-order valence-electron chi connectivity index (χ1n) is 10.3. The van der Waals surface area contributed by atoms with Gasteiger partial charge in [0.1, 0.15) is 10.6 Å². The van der Waals surface area contributed by atoms with Crippen LogP contribution >= 0.6 is 22.9 Å². The first-order valence-corrected chi connectivity index (χ1v) is 13.1. The molecule has 2 aromatic carbocycles. The Balaban J connectivity index is 1.64. The van der Waals surface area contributed by atoms with Crippen molar-refractivity contribution >= 4 is 44.3 Å². The third-order valence-corrected chi connectivity index (χ3v) is 8.14. The van der Waals surface area contributed by atoms with E-state index in [4.69, 9.17) is 16.3 Å². The third-order valence-electron chi connectivity index (χ3n) is 5.38. The van der Waals surface area contributed by atoms with Crippen molar-refractivity contribution in [1.29, 1.82) is 0 Å². The number of sulfonamides is 1. The molecule has 1 aromatic heterocycles. The third kappa shape index (κ3) is 4.88. The van der Waals surface area contributed by atoms with Gasteiger partial charge in [0.05, 0.1) is 17.8 Å². The van der Waals surface area contributed by atoms with E-state index in [-0.39, 0.29) is 9.92 Å². The summed E-state index contributed by atoms with van der Waals surface area (Å²) in [6.45, 7) is 5.94. The fourth-order valence-electron chi connectivity index (χ4n) is 4.02. The second-order valence-electron chi connectivity index (χ2n) is 7.99. The molecule has 32 heavy (non-hydrogen) atoms. The number of ether oxygens (including phenoxy) is 1. The number of methoxy groups -OCH3 is 1. The summed E-state index contributed by atoms with van der Waals surface area (Å²) < 4.78 is 34.5. The fraction of sp³-hybridized carbons (Fsp3) is 0.304. The molecule has 0 aliphatic carbocycles. The minimum absolute atomic E-state index is 0.0244. The molecule has 0 amide bonds. The number of nitrogens with one attached hydrogen (secondary N) is 2. The zero-order valence-electron chi connectivity index (χ0n) is 18.1. The molecule has 0 saturated carbocycles. The lowest BCUT2D eigenvalue weighted by atomic mass is 10.1. The molecule has 170 valence electrons. The van der Waals surface area contributed by atoms with Gasteiger partial charge in [0.25, 0.3) is 10.0 Å². The van der Waals surface area contributed by atoms with Crippen LogP contribution in [0, 0.1) is 0 Å². The quantitative estimate of drug-likeness (QED) is 0.504. The summed E-state index contributed by atoms with van der Waals surface area (Å²) in [4.78, 5) is 3.29. The number of hydrogen-bond donors (Lipinski definition) is 2. The van der Waals surface area contributed by atoms with Crippen molar-refractivity contribution in [3.63, 3.8) is 0 Å². The normalized spacial score (nSPS) is 19.1. The van der Waals surface area contributed by atoms with Gasteiger partial charge in [-0.1, -0.05) is 23.7 Å². The Hall–Kier alpha value is -2.26. The van der Waals surface area contributed by atoms with Crippen molar-refractivity contribution < 1.29 is 13.2 Å². The zero-order chi connectivity index (χ0) is 22.9. The Labute approximate surface area is 198 Å². The van der Waals surface area contributed by atoms with Crippen LogP contribution in [0.4, 0.5) is 11.4 Å². The number of thiophene rings is 1. The van der Waals surface area contributed by atoms with Crippen molar-refractivity contribution in [1.82, 2.24) is 5.32 Å². The van der Waals surface area contributed by atoms with Gasteiger partial charge in [-0.3, -0.25) is 4.72 Å². The van der Waals surface area contributed by atoms with Crippen LogP contribution < -0.4 is 19.7 Å². The summed E-state index contributed by atoms with van der Waals surface area (Å²) in [6, 6.07) is 15.1. The highest BCUT2D eigenvalue weighted by atomic mass is 35.5. The van der Waals surface area contributed by atoms with Crippen LogP contribution in [0.25, 0.3) is 10.4 Å². The Bertz CT molecular complexity index is 1190. The molecule has 0 spiro atoms. The summed E-state index contributed by atoms with van der Waals surface area (Å²) in [5.41, 5.74) is 2.19. The molecular formula is C23H26ClN3O3S2. The highest BCUT2D eigenvalue weighted by Gasteiger charge is 2.24. The molecule has 6 nitrogen and oxygen atoms in total. The molecule has 1 saturated heterocycles. The van der Waals surface area contributed by atoms with Crippen LogP contribution in [0.5, 0.6) is 5.75 Å². The molecule has 1 aliphatic rings. The summed E-state index contributed by atoms with van der Waals surface area (Å²) >= 11 is 7.97. The minimum Gasteiger partial charge on any atom is -0.495 e. The molecule has 2 heterocycles. The number of halogens is 1. The predicted octanol–water partition coefficient (Wildman–Crippen LogP) is 5.06. The van der Waals surface area contributed by atoms with E-state index in [9.17, 15) is 8.42 Å². The van der Waals surface area contributed by atoms with Gasteiger partial charge in [-0.15, -0.1) is 11.3 Å². The second kappa shape index (κ2) is 9.31. The maximum Gasteiger partial charge on any atom is 0.263 e. The maximum absolute atomic E-state index is 13.2. The summed E-state index contributed by atoms with van der Waals surface area (Å²) in [5, 5.41) is 5.64. The fourth-order valence-corrected chi connectivity index (χ4v) is 6.36. The molecule has 3 aromatic rings. The van der Waals surface area contributed by atoms with Gasteiger partial charge in [-0.25, -0.2) is 8.42 Å². The standard InChI is InChI=1S/C23H26ClN3O3S2/c1-15-13-27(14-16(2)25-15)18-7-8-21(30-3)20(12-18)26-32(28,29)23-9-6-17(11-19(23)24)22-5-4-10-31-22/h4-12,15-16,25-26H,13-14H2,1-3H3/t15-,16+. The molecule has 4 rings (SSSR count). The molecule has 1 fully saturated rings. The van der Waals surface area contributed by atoms with E-state index in [1.807, 2.05) is 29.6 Å². The Kier molecular flexibility index (Phi) is 6.67. The highest BCUT2D eigenvalue weighted by Crippen LogP contribution is 2.35. The lowest BCUT2D eigenvalue weighted by Crippen LogP contribution is -2.54. The molecule has 0 unspecified atom stereocenters. The Morgan fingerprint density at radius 1 is 1.12 bits per heavy atom. The van der Waals surface area contributed by atoms with Crippen molar-refractivity contribution in [3.05, 3.63) is 58.9 Å². The van der Waals surface area contributed by atoms with Gasteiger partial charge in [-0.2, -0.15) is 0 Å². The van der Waals surface area contributed by atoms with E-state index >= 15 is 0 Å². The molecule has 1 aliphatic heterocycles. The summed E-state index contributed by atoms with van der Waals surface area (Å²) in [5.74, 6) is 0.444. The van der Waals surface area contributed by atoms with E-state index in [1.54, 1.807) is 29.5 Å². The number of benzene rings is 2. The van der Waals surface area contributed by atoms with Crippen molar-refractivity contribution in [2.45, 2.75) is 30.8 Å². The van der Waals surface area contributed by atoms with Gasteiger partial charge in [-0.05, 0) is 61.2 Å². The molecule has 0 radical (unpaired) electrons. The highest BCUT2D eigenvalue weighted by molar-refractivity contribution is 7.92. The largest absolute Gasteiger partial charge is 0.495 e. The lowest BCUT2D eigenvalue weighted by Gasteiger charge is -2.38. The Morgan fingerprint density at radius 3 is 2.50 bits per heavy atom. The molecule has 2 atom stereocenters. The smallest absolute Gasteiger partial charge is 0.263 e. The predicted molar refractivity (Wildman–Crippen MR) is 133 cm³/mol. The Morgan fingerprint density at radius 2 is 1.88 bits per heavy atom. The summed E-state index contributed by atoms with van der Waals surface area (Å²) in [7, 11) is -2.40. The van der Waals surface area contributed by atoms with E-state index in [1.165, 1.54) is 13.2 Å². The zero-order valence-corrected chi connectivity index (χ0v) is 20.5. The summed E-state index contributed by atoms with van der Waals surface area (Å²) in [6.07, 6.45) is 0. The molecular weight excluding hydrogens is 466 g/mol. The van der Waals surface area contributed by atoms with Crippen molar-refractivity contribution in [3.8, 4) is 16.2 Å². The number of nitrogens with zero attached hydrogens (tertiary/aromatic N) is 1. The van der Waals surface area contributed by atoms with Gasteiger partial charge in [0.2, 0.25) is 0 Å². The van der Waals surface area contributed by atoms with Crippen LogP contribution in [-0.2, 0) is 10.0 Å². The van der Waals surface area contributed by atoms with Gasteiger partial charge in [0, 0.05) is 35.7 Å². The number of piperazine rings is 1. The minimum atomic E-state index is -3.92. The number of rotatable bonds is 6. The maximum atomic E-state index is 13.2. The van der Waals surface area contributed by atoms with Crippen LogP contribution in [0.15, 0.2) is 58.8 Å². The second-order valence-corrected chi connectivity index (χ2v) is 11.0. The van der Waals surface area contributed by atoms with Gasteiger partial charge >= 0.3 is 0 Å². The first-order chi connectivity index (χ1) is 15.3. The average molecular weight is 492 g/mol. The average Bonchev–Trinajstić information content (AvgIpc) is 3.27. The molecule has 9 heteroatoms. The van der Waals surface area contributed by atoms with Crippen molar-refractivity contribution in [2.75, 3.05) is 29.8 Å². The van der Waals surface area contributed by atoms with Crippen LogP contribution in [0.3, 0.4) is 0 Å². The van der Waals surface area contributed by atoms with Crippen LogP contribution in [-0.4, -0.2) is 40.7 Å². The van der Waals surface area contributed by atoms with E-state index < -0.39 is 10.0 Å². The van der Waals surface area contributed by atoms with Gasteiger partial charge in [0.15, 0.2) is 0 Å². The van der Waals surface area contributed by atoms with E-state index in [0.29, 0.717) is 23.5 Å². The molecule has 2 N–H and O–H groups in total. The van der Waals surface area contributed by atoms with E-state index in [2.05, 4.69) is 28.8 Å². The van der Waals surface area contributed by atoms with Gasteiger partial charge < -0.3 is 15.0 Å². The van der Waals surface area contributed by atoms with Crippen LogP contribution in [0.2, 0.25) is 5.02 Å². The monoisotopic (exact) mass is 491 g/mol. The lowest BCUT2D eigenvalue weighted by molar-refractivity contribution is 0.406. The van der Waals surface area contributed by atoms with E-state index in [0.717, 1.165) is 29.2 Å². The topological polar surface area (TPSA) is 70.7 Å². The molecule has 0 bridgehead atoms. The number of hydrogen-bond acceptors (Lipinski definition) is 6.